The Balaban J connectivity index is 2.56. The quantitative estimate of drug-likeness (QED) is 0.797. The molecule has 0 aliphatic heterocycles. The first-order valence-corrected chi connectivity index (χ1v) is 7.60. The molecular weight excluding hydrogens is 326 g/mol. The molecule has 0 fully saturated rings. The smallest absolute Gasteiger partial charge is 0.251 e. The highest BCUT2D eigenvalue weighted by Crippen LogP contribution is 2.23. The molecule has 0 saturated heterocycles. The molecule has 0 heterocycles. The fourth-order valence-electron chi connectivity index (χ4n) is 1.92. The maximum atomic E-state index is 12.1. The summed E-state index contributed by atoms with van der Waals surface area (Å²) in [6, 6.07) is 5.62. The lowest BCUT2D eigenvalue weighted by atomic mass is 9.90. The van der Waals surface area contributed by atoms with Crippen molar-refractivity contribution >= 4 is 33.4 Å². The monoisotopic (exact) mass is 345 g/mol. The predicted octanol–water partition coefficient (Wildman–Crippen LogP) is 4.53. The summed E-state index contributed by atoms with van der Waals surface area (Å²) < 4.78 is 0.976. The average Bonchev–Trinajstić information content (AvgIpc) is 2.23. The van der Waals surface area contributed by atoms with E-state index in [0.29, 0.717) is 12.1 Å². The van der Waals surface area contributed by atoms with Crippen LogP contribution in [0, 0.1) is 12.3 Å². The minimum atomic E-state index is -0.0652. The van der Waals surface area contributed by atoms with Crippen molar-refractivity contribution < 1.29 is 4.79 Å². The van der Waals surface area contributed by atoms with E-state index >= 15 is 0 Å². The Morgan fingerprint density at radius 2 is 2.05 bits per heavy atom. The van der Waals surface area contributed by atoms with E-state index in [1.165, 1.54) is 0 Å². The first kappa shape index (κ1) is 16.5. The molecule has 1 atom stereocenters. The Hall–Kier alpha value is -0.540. The van der Waals surface area contributed by atoms with E-state index < -0.39 is 0 Å². The number of benzene rings is 1. The lowest BCUT2D eigenvalue weighted by Crippen LogP contribution is -2.32. The molecule has 106 valence electrons. The normalized spacial score (nSPS) is 13.2. The SMILES string of the molecule is Cc1cc(Br)ccc1C(=O)NCC(Cl)CC(C)(C)C. The molecule has 1 aromatic carbocycles. The van der Waals surface area contributed by atoms with Crippen LogP contribution in [0.4, 0.5) is 0 Å². The van der Waals surface area contributed by atoms with Gasteiger partial charge in [-0.05, 0) is 42.5 Å². The van der Waals surface area contributed by atoms with Gasteiger partial charge in [-0.2, -0.15) is 0 Å². The highest BCUT2D eigenvalue weighted by Gasteiger charge is 2.18. The van der Waals surface area contributed by atoms with Crippen molar-refractivity contribution in [1.82, 2.24) is 5.32 Å². The summed E-state index contributed by atoms with van der Waals surface area (Å²) in [6.07, 6.45) is 0.869. The van der Waals surface area contributed by atoms with Crippen LogP contribution in [0.15, 0.2) is 22.7 Å². The number of hydrogen-bond acceptors (Lipinski definition) is 1. The number of amides is 1. The zero-order chi connectivity index (χ0) is 14.6. The van der Waals surface area contributed by atoms with E-state index in [2.05, 4.69) is 42.0 Å². The molecule has 1 amide bonds. The molecule has 1 unspecified atom stereocenters. The molecule has 19 heavy (non-hydrogen) atoms. The molecule has 0 bridgehead atoms. The Bertz CT molecular complexity index is 454. The van der Waals surface area contributed by atoms with Crippen LogP contribution in [0.3, 0.4) is 0 Å². The minimum absolute atomic E-state index is 0.0419. The molecule has 0 aliphatic carbocycles. The number of halogens is 2. The van der Waals surface area contributed by atoms with Crippen molar-refractivity contribution in [3.8, 4) is 0 Å². The highest BCUT2D eigenvalue weighted by molar-refractivity contribution is 9.10. The number of hydrogen-bond donors (Lipinski definition) is 1. The van der Waals surface area contributed by atoms with Gasteiger partial charge in [-0.1, -0.05) is 36.7 Å². The van der Waals surface area contributed by atoms with Crippen LogP contribution in [0.1, 0.15) is 43.1 Å². The van der Waals surface area contributed by atoms with E-state index in [4.69, 9.17) is 11.6 Å². The second-order valence-electron chi connectivity index (χ2n) is 6.03. The van der Waals surface area contributed by atoms with Gasteiger partial charge in [0.2, 0.25) is 0 Å². The molecule has 0 saturated carbocycles. The summed E-state index contributed by atoms with van der Waals surface area (Å²) in [4.78, 5) is 12.1. The lowest BCUT2D eigenvalue weighted by molar-refractivity contribution is 0.0951. The minimum Gasteiger partial charge on any atom is -0.351 e. The van der Waals surface area contributed by atoms with Gasteiger partial charge in [-0.15, -0.1) is 11.6 Å². The standard InChI is InChI=1S/C15H21BrClNO/c1-10-7-11(16)5-6-13(10)14(19)18-9-12(17)8-15(2,3)4/h5-7,12H,8-9H2,1-4H3,(H,18,19). The first-order valence-electron chi connectivity index (χ1n) is 6.37. The van der Waals surface area contributed by atoms with Gasteiger partial charge < -0.3 is 5.32 Å². The van der Waals surface area contributed by atoms with E-state index in [0.717, 1.165) is 16.5 Å². The summed E-state index contributed by atoms with van der Waals surface area (Å²) in [5.74, 6) is -0.0652. The van der Waals surface area contributed by atoms with E-state index in [1.807, 2.05) is 25.1 Å². The second-order valence-corrected chi connectivity index (χ2v) is 7.56. The number of rotatable bonds is 4. The van der Waals surface area contributed by atoms with Gasteiger partial charge in [0.15, 0.2) is 0 Å². The largest absolute Gasteiger partial charge is 0.351 e. The molecule has 1 aromatic rings. The van der Waals surface area contributed by atoms with Crippen molar-refractivity contribution in [1.29, 1.82) is 0 Å². The maximum absolute atomic E-state index is 12.1. The van der Waals surface area contributed by atoms with Crippen LogP contribution in [0.25, 0.3) is 0 Å². The van der Waals surface area contributed by atoms with Crippen LogP contribution in [0.2, 0.25) is 0 Å². The predicted molar refractivity (Wildman–Crippen MR) is 84.9 cm³/mol. The molecule has 0 aromatic heterocycles. The molecule has 1 N–H and O–H groups in total. The summed E-state index contributed by atoms with van der Waals surface area (Å²) in [7, 11) is 0. The van der Waals surface area contributed by atoms with Crippen molar-refractivity contribution in [2.75, 3.05) is 6.54 Å². The third-order valence-corrected chi connectivity index (χ3v) is 3.55. The Morgan fingerprint density at radius 1 is 1.42 bits per heavy atom. The highest BCUT2D eigenvalue weighted by atomic mass is 79.9. The molecule has 1 rings (SSSR count). The summed E-state index contributed by atoms with van der Waals surface area (Å²) in [5, 5.41) is 2.85. The number of aryl methyl sites for hydroxylation is 1. The number of alkyl halides is 1. The Labute approximate surface area is 129 Å². The van der Waals surface area contributed by atoms with E-state index in [9.17, 15) is 4.79 Å². The zero-order valence-corrected chi connectivity index (χ0v) is 14.2. The Morgan fingerprint density at radius 3 is 2.58 bits per heavy atom. The third kappa shape index (κ3) is 5.96. The molecule has 4 heteroatoms. The van der Waals surface area contributed by atoms with Crippen LogP contribution >= 0.6 is 27.5 Å². The Kier molecular flexibility index (Phi) is 5.87. The van der Waals surface area contributed by atoms with Gasteiger partial charge in [-0.25, -0.2) is 0 Å². The van der Waals surface area contributed by atoms with Gasteiger partial charge in [0.25, 0.3) is 5.91 Å². The fraction of sp³-hybridized carbons (Fsp3) is 0.533. The third-order valence-electron chi connectivity index (χ3n) is 2.75. The molecule has 2 nitrogen and oxygen atoms in total. The molecule has 0 spiro atoms. The summed E-state index contributed by atoms with van der Waals surface area (Å²) in [6.45, 7) is 8.84. The number of carbonyl (C=O) groups excluding carboxylic acids is 1. The van der Waals surface area contributed by atoms with Crippen molar-refractivity contribution in [3.05, 3.63) is 33.8 Å². The lowest BCUT2D eigenvalue weighted by Gasteiger charge is -2.22. The second kappa shape index (κ2) is 6.76. The summed E-state index contributed by atoms with van der Waals surface area (Å²) in [5.41, 5.74) is 1.82. The van der Waals surface area contributed by atoms with E-state index in [1.54, 1.807) is 0 Å². The van der Waals surface area contributed by atoms with Crippen LogP contribution < -0.4 is 5.32 Å². The first-order chi connectivity index (χ1) is 8.69. The molecule has 0 aliphatic rings. The van der Waals surface area contributed by atoms with Gasteiger partial charge in [-0.3, -0.25) is 4.79 Å². The van der Waals surface area contributed by atoms with Crippen LogP contribution in [-0.2, 0) is 0 Å². The molecule has 0 radical (unpaired) electrons. The zero-order valence-electron chi connectivity index (χ0n) is 11.9. The van der Waals surface area contributed by atoms with E-state index in [-0.39, 0.29) is 16.7 Å². The molecular formula is C15H21BrClNO. The average molecular weight is 347 g/mol. The van der Waals surface area contributed by atoms with Gasteiger partial charge >= 0.3 is 0 Å². The fourth-order valence-corrected chi connectivity index (χ4v) is 2.93. The van der Waals surface area contributed by atoms with Gasteiger partial charge in [0.05, 0.1) is 5.38 Å². The van der Waals surface area contributed by atoms with Crippen molar-refractivity contribution in [3.63, 3.8) is 0 Å². The van der Waals surface area contributed by atoms with Gasteiger partial charge in [0.1, 0.15) is 0 Å². The van der Waals surface area contributed by atoms with Crippen molar-refractivity contribution in [2.24, 2.45) is 5.41 Å². The van der Waals surface area contributed by atoms with Crippen LogP contribution in [-0.4, -0.2) is 17.8 Å². The van der Waals surface area contributed by atoms with Crippen molar-refractivity contribution in [2.45, 2.75) is 39.5 Å². The number of carbonyl (C=O) groups is 1. The van der Waals surface area contributed by atoms with Crippen LogP contribution in [0.5, 0.6) is 0 Å². The topological polar surface area (TPSA) is 29.1 Å². The maximum Gasteiger partial charge on any atom is 0.251 e. The summed E-state index contributed by atoms with van der Waals surface area (Å²) >= 11 is 9.63. The number of nitrogens with one attached hydrogen (secondary N) is 1. The van der Waals surface area contributed by atoms with Gasteiger partial charge in [0, 0.05) is 16.6 Å².